The maximum Gasteiger partial charge on any atom is 0.341 e. The molecule has 0 saturated carbocycles. The molecule has 0 bridgehead atoms. The van der Waals surface area contributed by atoms with E-state index in [1.807, 2.05) is 30.3 Å². The summed E-state index contributed by atoms with van der Waals surface area (Å²) in [5.74, 6) is -1.24. The van der Waals surface area contributed by atoms with E-state index in [1.54, 1.807) is 30.8 Å². The van der Waals surface area contributed by atoms with Gasteiger partial charge in [-0.15, -0.1) is 11.3 Å². The molecule has 3 aromatic rings. The van der Waals surface area contributed by atoms with E-state index in [0.29, 0.717) is 16.5 Å². The molecule has 0 fully saturated rings. The Morgan fingerprint density at radius 2 is 1.82 bits per heavy atom. The van der Waals surface area contributed by atoms with Crippen LogP contribution in [-0.2, 0) is 19.1 Å². The predicted octanol–water partition coefficient (Wildman–Crippen LogP) is 3.75. The first-order valence-electron chi connectivity index (χ1n) is 10.3. The van der Waals surface area contributed by atoms with Crippen LogP contribution < -0.4 is 10.6 Å². The number of carbonyl (C=O) groups is 3. The second kappa shape index (κ2) is 11.7. The normalized spacial score (nSPS) is 11.3. The number of aromatic nitrogens is 2. The summed E-state index contributed by atoms with van der Waals surface area (Å²) in [5, 5.41) is 7.71. The molecule has 0 aliphatic carbocycles. The highest BCUT2D eigenvalue weighted by atomic mass is 32.1. The molecule has 1 unspecified atom stereocenters. The fourth-order valence-corrected chi connectivity index (χ4v) is 3.84. The van der Waals surface area contributed by atoms with Crippen molar-refractivity contribution in [3.63, 3.8) is 0 Å². The smallest absolute Gasteiger partial charge is 0.341 e. The highest BCUT2D eigenvalue weighted by molar-refractivity contribution is 7.15. The number of hydrogen-bond acceptors (Lipinski definition) is 9. The van der Waals surface area contributed by atoms with Gasteiger partial charge in [0.25, 0.3) is 5.91 Å². The number of carbonyl (C=O) groups excluding carboxylic acids is 3. The molecule has 0 radical (unpaired) electrons. The van der Waals surface area contributed by atoms with Crippen LogP contribution in [0.3, 0.4) is 0 Å². The highest BCUT2D eigenvalue weighted by Gasteiger charge is 2.25. The summed E-state index contributed by atoms with van der Waals surface area (Å²) in [6.07, 6.45) is 2.14. The van der Waals surface area contributed by atoms with Gasteiger partial charge in [0.2, 0.25) is 5.95 Å². The van der Waals surface area contributed by atoms with Crippen molar-refractivity contribution >= 4 is 40.1 Å². The molecule has 33 heavy (non-hydrogen) atoms. The third-order valence-corrected chi connectivity index (χ3v) is 5.34. The first-order valence-corrected chi connectivity index (χ1v) is 11.2. The third kappa shape index (κ3) is 6.59. The molecule has 1 aromatic carbocycles. The monoisotopic (exact) mass is 468 g/mol. The van der Waals surface area contributed by atoms with Crippen LogP contribution in [0.4, 0.5) is 10.9 Å². The van der Waals surface area contributed by atoms with E-state index in [-0.39, 0.29) is 25.1 Å². The van der Waals surface area contributed by atoms with Crippen LogP contribution in [0.1, 0.15) is 30.6 Å². The lowest BCUT2D eigenvalue weighted by molar-refractivity contribution is -0.152. The Morgan fingerprint density at radius 1 is 1.09 bits per heavy atom. The van der Waals surface area contributed by atoms with Crippen LogP contribution in [0, 0.1) is 0 Å². The Morgan fingerprint density at radius 3 is 2.52 bits per heavy atom. The quantitative estimate of drug-likeness (QED) is 0.432. The third-order valence-electron chi connectivity index (χ3n) is 4.45. The van der Waals surface area contributed by atoms with Gasteiger partial charge < -0.3 is 20.1 Å². The highest BCUT2D eigenvalue weighted by Crippen LogP contribution is 2.36. The summed E-state index contributed by atoms with van der Waals surface area (Å²) in [6.45, 7) is 3.64. The van der Waals surface area contributed by atoms with E-state index in [9.17, 15) is 14.4 Å². The number of amides is 1. The van der Waals surface area contributed by atoms with Gasteiger partial charge in [-0.3, -0.25) is 9.59 Å². The number of rotatable bonds is 10. The molecular formula is C23H24N4O5S. The summed E-state index contributed by atoms with van der Waals surface area (Å²) in [7, 11) is 0. The van der Waals surface area contributed by atoms with Crippen LogP contribution in [0.2, 0.25) is 0 Å². The number of nitrogens with one attached hydrogen (secondary N) is 2. The first kappa shape index (κ1) is 23.9. The summed E-state index contributed by atoms with van der Waals surface area (Å²) < 4.78 is 10.4. The predicted molar refractivity (Wildman–Crippen MR) is 125 cm³/mol. The average Bonchev–Trinajstić information content (AvgIpc) is 3.24. The molecule has 0 spiro atoms. The maximum absolute atomic E-state index is 12.7. The molecule has 10 heteroatoms. The van der Waals surface area contributed by atoms with Gasteiger partial charge in [0.15, 0.2) is 6.10 Å². The molecule has 2 heterocycles. The van der Waals surface area contributed by atoms with Crippen molar-refractivity contribution < 1.29 is 23.9 Å². The summed E-state index contributed by atoms with van der Waals surface area (Å²) in [4.78, 5) is 45.4. The number of nitrogens with zero attached hydrogens (tertiary/aromatic N) is 2. The standard InChI is InChI=1S/C23H24N4O5S/c1-3-31-22(30)19-17(16-8-5-4-6-9-16)14-33-21(19)27-20(29)15(2)32-18(28)10-13-26-23-24-11-7-12-25-23/h4-9,11-12,14-15H,3,10,13H2,1-2H3,(H,27,29)(H,24,25,26). The minimum atomic E-state index is -1.05. The average molecular weight is 469 g/mol. The van der Waals surface area contributed by atoms with Crippen molar-refractivity contribution in [2.75, 3.05) is 23.8 Å². The zero-order chi connectivity index (χ0) is 23.6. The van der Waals surface area contributed by atoms with Gasteiger partial charge in [-0.2, -0.15) is 0 Å². The van der Waals surface area contributed by atoms with Gasteiger partial charge in [0.1, 0.15) is 10.6 Å². The van der Waals surface area contributed by atoms with E-state index in [2.05, 4.69) is 20.6 Å². The van der Waals surface area contributed by atoms with Crippen LogP contribution in [0.15, 0.2) is 54.2 Å². The summed E-state index contributed by atoms with van der Waals surface area (Å²) >= 11 is 1.20. The second-order valence-corrected chi connectivity index (χ2v) is 7.69. The van der Waals surface area contributed by atoms with E-state index >= 15 is 0 Å². The number of esters is 2. The van der Waals surface area contributed by atoms with Gasteiger partial charge in [-0.1, -0.05) is 30.3 Å². The van der Waals surface area contributed by atoms with Crippen molar-refractivity contribution in [3.8, 4) is 11.1 Å². The SMILES string of the molecule is CCOC(=O)c1c(-c2ccccc2)csc1NC(=O)C(C)OC(=O)CCNc1ncccn1. The molecule has 3 rings (SSSR count). The van der Waals surface area contributed by atoms with Crippen molar-refractivity contribution in [1.29, 1.82) is 0 Å². The molecular weight excluding hydrogens is 444 g/mol. The minimum Gasteiger partial charge on any atom is -0.462 e. The van der Waals surface area contributed by atoms with Crippen LogP contribution in [0.5, 0.6) is 0 Å². The zero-order valence-electron chi connectivity index (χ0n) is 18.2. The molecule has 1 atom stereocenters. The van der Waals surface area contributed by atoms with Crippen molar-refractivity contribution in [3.05, 3.63) is 59.7 Å². The zero-order valence-corrected chi connectivity index (χ0v) is 19.1. The topological polar surface area (TPSA) is 120 Å². The number of anilines is 2. The van der Waals surface area contributed by atoms with Crippen molar-refractivity contribution in [1.82, 2.24) is 9.97 Å². The molecule has 9 nitrogen and oxygen atoms in total. The number of benzene rings is 1. The lowest BCUT2D eigenvalue weighted by Gasteiger charge is -2.14. The fraction of sp³-hybridized carbons (Fsp3) is 0.261. The van der Waals surface area contributed by atoms with Gasteiger partial charge in [0.05, 0.1) is 13.0 Å². The second-order valence-electron chi connectivity index (χ2n) is 6.81. The number of hydrogen-bond donors (Lipinski definition) is 2. The van der Waals surface area contributed by atoms with Crippen molar-refractivity contribution in [2.45, 2.75) is 26.4 Å². The summed E-state index contributed by atoms with van der Waals surface area (Å²) in [6, 6.07) is 11.0. The largest absolute Gasteiger partial charge is 0.462 e. The lowest BCUT2D eigenvalue weighted by atomic mass is 10.0. The molecule has 1 amide bonds. The Labute approximate surface area is 195 Å². The molecule has 0 aliphatic heterocycles. The van der Waals surface area contributed by atoms with E-state index in [1.165, 1.54) is 18.3 Å². The maximum atomic E-state index is 12.7. The molecule has 2 N–H and O–H groups in total. The molecule has 0 aliphatic rings. The summed E-state index contributed by atoms with van der Waals surface area (Å²) in [5.41, 5.74) is 1.76. The Hall–Kier alpha value is -3.79. The first-order chi connectivity index (χ1) is 16.0. The van der Waals surface area contributed by atoms with E-state index < -0.39 is 23.9 Å². The molecule has 0 saturated heterocycles. The Bertz CT molecular complexity index is 1090. The number of ether oxygens (including phenoxy) is 2. The Balaban J connectivity index is 1.62. The van der Waals surface area contributed by atoms with Gasteiger partial charge in [-0.05, 0) is 25.5 Å². The van der Waals surface area contributed by atoms with Crippen LogP contribution in [-0.4, -0.2) is 47.1 Å². The lowest BCUT2D eigenvalue weighted by Crippen LogP contribution is -2.30. The minimum absolute atomic E-state index is 0.0289. The fourth-order valence-electron chi connectivity index (χ4n) is 2.88. The number of thiophene rings is 1. The molecule has 172 valence electrons. The van der Waals surface area contributed by atoms with Gasteiger partial charge >= 0.3 is 11.9 Å². The van der Waals surface area contributed by atoms with E-state index in [0.717, 1.165) is 5.56 Å². The molecule has 2 aromatic heterocycles. The van der Waals surface area contributed by atoms with Gasteiger partial charge in [-0.25, -0.2) is 14.8 Å². The van der Waals surface area contributed by atoms with Crippen LogP contribution in [0.25, 0.3) is 11.1 Å². The Kier molecular flexibility index (Phi) is 8.48. The van der Waals surface area contributed by atoms with Crippen molar-refractivity contribution in [2.24, 2.45) is 0 Å². The van der Waals surface area contributed by atoms with Gasteiger partial charge in [0, 0.05) is 29.9 Å². The van der Waals surface area contributed by atoms with E-state index in [4.69, 9.17) is 9.47 Å². The van der Waals surface area contributed by atoms with Crippen LogP contribution >= 0.6 is 11.3 Å².